The van der Waals surface area contributed by atoms with E-state index in [1.165, 1.54) is 12.3 Å². The molecule has 1 aliphatic carbocycles. The molecule has 2 aliphatic rings. The zero-order valence-corrected chi connectivity index (χ0v) is 31.1. The molecule has 3 unspecified atom stereocenters. The number of pyridine rings is 1. The van der Waals surface area contributed by atoms with Crippen molar-refractivity contribution < 1.29 is 37.9 Å². The summed E-state index contributed by atoms with van der Waals surface area (Å²) >= 11 is 1.57. The molecule has 5 rings (SSSR count). The summed E-state index contributed by atoms with van der Waals surface area (Å²) in [7, 11) is 0. The van der Waals surface area contributed by atoms with E-state index in [-0.39, 0.29) is 41.2 Å². The first-order chi connectivity index (χ1) is 25.1. The van der Waals surface area contributed by atoms with Gasteiger partial charge in [-0.05, 0) is 73.9 Å². The Morgan fingerprint density at radius 3 is 2.46 bits per heavy atom. The normalized spacial score (nSPS) is 16.3. The Balaban J connectivity index is 1.27. The lowest BCUT2D eigenvalue weighted by Gasteiger charge is -2.30. The van der Waals surface area contributed by atoms with Crippen molar-refractivity contribution in [1.82, 2.24) is 15.2 Å². The minimum absolute atomic E-state index is 0.0949. The topological polar surface area (TPSA) is 140 Å². The average molecular weight is 739 g/mol. The molecule has 3 atom stereocenters. The number of quaternary nitrogens is 1. The minimum atomic E-state index is -0.813. The Hall–Kier alpha value is -4.27. The van der Waals surface area contributed by atoms with Gasteiger partial charge in [0.05, 0.1) is 17.7 Å². The molecule has 2 heterocycles. The van der Waals surface area contributed by atoms with Crippen LogP contribution in [0.3, 0.4) is 0 Å². The van der Waals surface area contributed by atoms with E-state index in [1.54, 1.807) is 42.1 Å². The second kappa shape index (κ2) is 18.0. The number of nitrogens with zero attached hydrogens (tertiary/aromatic N) is 2. The number of hydrogen-bond acceptors (Lipinski definition) is 10. The molecule has 14 heteroatoms. The van der Waals surface area contributed by atoms with Crippen LogP contribution < -0.4 is 30.6 Å². The van der Waals surface area contributed by atoms with E-state index in [1.807, 2.05) is 36.5 Å². The highest BCUT2D eigenvalue weighted by atomic mass is 32.2. The van der Waals surface area contributed by atoms with Crippen molar-refractivity contribution in [1.29, 1.82) is 0 Å². The summed E-state index contributed by atoms with van der Waals surface area (Å²) in [6.07, 6.45) is 6.61. The maximum atomic E-state index is 15.4. The number of aromatic nitrogens is 1. The van der Waals surface area contributed by atoms with Gasteiger partial charge in [0.15, 0.2) is 6.04 Å². The van der Waals surface area contributed by atoms with Gasteiger partial charge in [0, 0.05) is 50.2 Å². The van der Waals surface area contributed by atoms with Crippen LogP contribution in [0.4, 0.5) is 10.1 Å². The molecule has 2 amide bonds. The van der Waals surface area contributed by atoms with E-state index >= 15 is 4.39 Å². The molecule has 0 spiro atoms. The number of carbonyl (C=O) groups is 4. The number of amides is 2. The third-order valence-electron chi connectivity index (χ3n) is 9.54. The maximum absolute atomic E-state index is 15.4. The SMILES string of the molecule is CC[NH+](C(=O)C(CCSC)NC=O)C(CC(C)C)C(=O)Oc1ccc(COC(=O)c2cn(C3CC3)c3cc(N4CCNCC4)c(F)cc3c2=O)cc1. The molecule has 2 aromatic carbocycles. The van der Waals surface area contributed by atoms with E-state index in [4.69, 9.17) is 9.47 Å². The molecule has 0 bridgehead atoms. The second-order valence-corrected chi connectivity index (χ2v) is 14.7. The van der Waals surface area contributed by atoms with Crippen molar-refractivity contribution in [3.8, 4) is 5.75 Å². The lowest BCUT2D eigenvalue weighted by molar-refractivity contribution is -0.838. The Morgan fingerprint density at radius 2 is 1.85 bits per heavy atom. The van der Waals surface area contributed by atoms with Gasteiger partial charge in [0.25, 0.3) is 0 Å². The van der Waals surface area contributed by atoms with E-state index in [0.29, 0.717) is 66.3 Å². The summed E-state index contributed by atoms with van der Waals surface area (Å²) in [5.41, 5.74) is 0.893. The fraction of sp³-hybridized carbons (Fsp3) is 0.500. The fourth-order valence-electron chi connectivity index (χ4n) is 6.65. The highest BCUT2D eigenvalue weighted by molar-refractivity contribution is 7.98. The third-order valence-corrected chi connectivity index (χ3v) is 10.2. The molecule has 0 radical (unpaired) electrons. The van der Waals surface area contributed by atoms with Crippen LogP contribution in [0.5, 0.6) is 5.75 Å². The van der Waals surface area contributed by atoms with Crippen LogP contribution in [0, 0.1) is 11.7 Å². The number of rotatable bonds is 17. The van der Waals surface area contributed by atoms with Gasteiger partial charge in [-0.1, -0.05) is 26.0 Å². The number of thioether (sulfide) groups is 1. The third kappa shape index (κ3) is 9.39. The molecule has 12 nitrogen and oxygen atoms in total. The second-order valence-electron chi connectivity index (χ2n) is 13.8. The number of esters is 2. The smallest absolute Gasteiger partial charge is 0.370 e. The summed E-state index contributed by atoms with van der Waals surface area (Å²) in [6, 6.07) is 8.01. The maximum Gasteiger partial charge on any atom is 0.370 e. The first kappa shape index (κ1) is 38.9. The summed E-state index contributed by atoms with van der Waals surface area (Å²) < 4.78 is 28.5. The molecular formula is C38H49FN5O7S+. The highest BCUT2D eigenvalue weighted by Gasteiger charge is 2.39. The number of likely N-dealkylation sites (N-methyl/N-ethyl adjacent to an activating group) is 1. The molecule has 1 saturated carbocycles. The van der Waals surface area contributed by atoms with Crippen LogP contribution in [0.1, 0.15) is 68.4 Å². The van der Waals surface area contributed by atoms with Gasteiger partial charge >= 0.3 is 17.8 Å². The molecule has 3 N–H and O–H groups in total. The number of hydrogen-bond donors (Lipinski definition) is 3. The summed E-state index contributed by atoms with van der Waals surface area (Å²) in [6.45, 7) is 8.72. The molecule has 280 valence electrons. The number of anilines is 1. The number of ether oxygens (including phenoxy) is 2. The van der Waals surface area contributed by atoms with E-state index in [9.17, 15) is 24.0 Å². The van der Waals surface area contributed by atoms with Crippen LogP contribution in [0.15, 0.2) is 47.4 Å². The van der Waals surface area contributed by atoms with Gasteiger partial charge in [-0.25, -0.2) is 18.8 Å². The van der Waals surface area contributed by atoms with E-state index in [0.717, 1.165) is 25.9 Å². The van der Waals surface area contributed by atoms with Gasteiger partial charge in [0.1, 0.15) is 29.8 Å². The number of halogens is 1. The number of benzene rings is 2. The average Bonchev–Trinajstić information content (AvgIpc) is 3.99. The van der Waals surface area contributed by atoms with Crippen molar-refractivity contribution in [2.75, 3.05) is 49.6 Å². The number of fused-ring (bicyclic) bond motifs is 1. The molecule has 52 heavy (non-hydrogen) atoms. The zero-order valence-electron chi connectivity index (χ0n) is 30.2. The van der Waals surface area contributed by atoms with Crippen molar-refractivity contribution in [2.24, 2.45) is 5.92 Å². The first-order valence-electron chi connectivity index (χ1n) is 18.0. The van der Waals surface area contributed by atoms with Crippen molar-refractivity contribution in [2.45, 2.75) is 71.2 Å². The van der Waals surface area contributed by atoms with Gasteiger partial charge < -0.3 is 29.6 Å². The molecule has 1 aromatic heterocycles. The van der Waals surface area contributed by atoms with Crippen molar-refractivity contribution >= 4 is 52.6 Å². The molecule has 2 fully saturated rings. The monoisotopic (exact) mass is 738 g/mol. The van der Waals surface area contributed by atoms with Gasteiger partial charge in [0.2, 0.25) is 11.8 Å². The molecule has 3 aromatic rings. The largest absolute Gasteiger partial charge is 0.457 e. The van der Waals surface area contributed by atoms with Gasteiger partial charge in [-0.15, -0.1) is 0 Å². The fourth-order valence-corrected chi connectivity index (χ4v) is 7.12. The zero-order chi connectivity index (χ0) is 37.4. The van der Waals surface area contributed by atoms with Gasteiger partial charge in [-0.2, -0.15) is 11.8 Å². The van der Waals surface area contributed by atoms with Crippen LogP contribution in [-0.2, 0) is 25.7 Å². The Morgan fingerprint density at radius 1 is 1.13 bits per heavy atom. The standard InChI is InChI=1S/C38H48FN5O7S/c1-5-43(36(47)31(41-23-45)12-17-52-4)34(18-24(2)3)38(49)51-27-10-6-25(7-11-27)22-50-37(48)29-21-44(26-8-9-26)32-20-33(42-15-13-40-14-16-42)30(39)19-28(32)35(29)46/h6-7,10-11,19-21,23-24,26,31,34,40H,5,8-9,12-18,22H2,1-4H3,(H,41,45)/p+1. The number of carbonyl (C=O) groups excluding carboxylic acids is 4. The predicted octanol–water partition coefficient (Wildman–Crippen LogP) is 2.86. The van der Waals surface area contributed by atoms with Crippen LogP contribution in [0.25, 0.3) is 10.9 Å². The number of piperazine rings is 1. The van der Waals surface area contributed by atoms with Gasteiger partial charge in [-0.3, -0.25) is 14.5 Å². The minimum Gasteiger partial charge on any atom is -0.457 e. The van der Waals surface area contributed by atoms with E-state index in [2.05, 4.69) is 10.6 Å². The quantitative estimate of drug-likeness (QED) is 0.108. The highest BCUT2D eigenvalue weighted by Crippen LogP contribution is 2.38. The number of nitrogens with one attached hydrogen (secondary N) is 3. The molecule has 1 saturated heterocycles. The lowest BCUT2D eigenvalue weighted by Crippen LogP contribution is -3.20. The first-order valence-corrected chi connectivity index (χ1v) is 19.4. The predicted molar refractivity (Wildman–Crippen MR) is 198 cm³/mol. The Bertz CT molecular complexity index is 1810. The van der Waals surface area contributed by atoms with Crippen LogP contribution >= 0.6 is 11.8 Å². The Kier molecular flexibility index (Phi) is 13.5. The lowest BCUT2D eigenvalue weighted by atomic mass is 10.0. The van der Waals surface area contributed by atoms with Crippen LogP contribution in [-0.4, -0.2) is 85.6 Å². The van der Waals surface area contributed by atoms with E-state index < -0.39 is 35.3 Å². The van der Waals surface area contributed by atoms with Crippen molar-refractivity contribution in [3.05, 3.63) is 69.8 Å². The molecular weight excluding hydrogens is 690 g/mol. The van der Waals surface area contributed by atoms with Crippen molar-refractivity contribution in [3.63, 3.8) is 0 Å². The summed E-state index contributed by atoms with van der Waals surface area (Å²) in [5.74, 6) is -1.11. The Labute approximate surface area is 307 Å². The summed E-state index contributed by atoms with van der Waals surface area (Å²) in [5, 5.41) is 6.01. The molecule has 1 aliphatic heterocycles. The summed E-state index contributed by atoms with van der Waals surface area (Å²) in [4.78, 5) is 67.4. The van der Waals surface area contributed by atoms with Crippen LogP contribution in [0.2, 0.25) is 0 Å².